The highest BCUT2D eigenvalue weighted by atomic mass is 15.2. The molecule has 0 spiro atoms. The Hall–Kier alpha value is -9.32. The Balaban J connectivity index is 1.09. The summed E-state index contributed by atoms with van der Waals surface area (Å²) in [4.78, 5) is 4.59. The lowest BCUT2D eigenvalue weighted by Gasteiger charge is -2.45. The summed E-state index contributed by atoms with van der Waals surface area (Å²) in [7, 11) is 0. The van der Waals surface area contributed by atoms with Crippen LogP contribution < -0.4 is 26.2 Å². The van der Waals surface area contributed by atoms with Gasteiger partial charge in [0.1, 0.15) is 0 Å². The van der Waals surface area contributed by atoms with Crippen LogP contribution in [0.5, 0.6) is 0 Å². The van der Waals surface area contributed by atoms with Gasteiger partial charge in [-0.1, -0.05) is 220 Å². The fraction of sp³-hybridized carbons (Fsp3) is 0.185. The molecule has 0 radical (unpaired) electrons. The number of nitrogens with zero attached hydrogens (tertiary/aromatic N) is 4. The Morgan fingerprint density at radius 2 is 0.779 bits per heavy atom. The van der Waals surface area contributed by atoms with Gasteiger partial charge in [-0.2, -0.15) is 0 Å². The third kappa shape index (κ3) is 9.22. The molecule has 0 unspecified atom stereocenters. The van der Waals surface area contributed by atoms with E-state index in [2.05, 4.69) is 185 Å². The van der Waals surface area contributed by atoms with Crippen LogP contribution in [0, 0.1) is 16.2 Å². The summed E-state index contributed by atoms with van der Waals surface area (Å²) in [5, 5.41) is 2.33. The molecule has 2 aromatic heterocycles. The zero-order chi connectivity index (χ0) is 67.6. The maximum absolute atomic E-state index is 10.4. The average molecular weight is 1120 g/mol. The van der Waals surface area contributed by atoms with Gasteiger partial charge in [-0.3, -0.25) is 0 Å². The van der Waals surface area contributed by atoms with Gasteiger partial charge in [0.2, 0.25) is 0 Å². The van der Waals surface area contributed by atoms with Crippen LogP contribution in [-0.4, -0.2) is 15.8 Å². The molecular formula is C81H73BN4. The molecule has 13 aromatic rings. The van der Waals surface area contributed by atoms with Crippen LogP contribution in [0.1, 0.15) is 92.7 Å². The molecule has 2 aliphatic heterocycles. The summed E-state index contributed by atoms with van der Waals surface area (Å²) >= 11 is 0. The van der Waals surface area contributed by atoms with Crippen molar-refractivity contribution in [2.45, 2.75) is 81.5 Å². The predicted octanol–water partition coefficient (Wildman–Crippen LogP) is 20.1. The molecule has 0 aliphatic carbocycles. The second kappa shape index (κ2) is 20.2. The van der Waals surface area contributed by atoms with Crippen molar-refractivity contribution in [2.24, 2.45) is 16.2 Å². The Bertz CT molecular complexity index is 5090. The molecule has 0 fully saturated rings. The molecule has 2 aliphatic rings. The SMILES string of the molecule is [2H]c1c([2H])c([2H])c2c(c1[2H])c1cc(CC(C)(C)C)ccc1n2-c1ccc2c(c1)N(c1ccccc1-c1ccccc1)c1cc(C([2H])([2H])C(C)(C)C)cc3c1B2c1ccc(-n2c4ccc(CC(C)(C)C)cc4c4c([2H])c([2H])c([2H])c([2H])c42)cc1N3c1ccccc1-c1ccccc1. The van der Waals surface area contributed by atoms with Gasteiger partial charge >= 0.3 is 0 Å². The molecule has 0 bridgehead atoms. The molecular weight excluding hydrogens is 1040 g/mol. The summed E-state index contributed by atoms with van der Waals surface area (Å²) in [6.45, 7) is 18.4. The van der Waals surface area contributed by atoms with Crippen molar-refractivity contribution >= 4 is 101 Å². The molecule has 0 saturated heterocycles. The minimum absolute atomic E-state index is 0.0637. The van der Waals surface area contributed by atoms with Gasteiger partial charge in [0.25, 0.3) is 6.71 Å². The summed E-state index contributed by atoms with van der Waals surface area (Å²) < 4.78 is 99.7. The van der Waals surface area contributed by atoms with E-state index < -0.39 is 18.5 Å². The van der Waals surface area contributed by atoms with Crippen molar-refractivity contribution in [1.82, 2.24) is 9.13 Å². The summed E-state index contributed by atoms with van der Waals surface area (Å²) in [5.41, 5.74) is 16.4. The van der Waals surface area contributed by atoms with E-state index in [0.29, 0.717) is 38.7 Å². The van der Waals surface area contributed by atoms with E-state index in [0.717, 1.165) is 119 Å². The van der Waals surface area contributed by atoms with Gasteiger partial charge in [-0.05, 0) is 165 Å². The largest absolute Gasteiger partial charge is 0.311 e. The first kappa shape index (κ1) is 43.3. The topological polar surface area (TPSA) is 16.3 Å². The number of anilines is 6. The minimum Gasteiger partial charge on any atom is -0.311 e. The fourth-order valence-corrected chi connectivity index (χ4v) is 13.8. The second-order valence-electron chi connectivity index (χ2n) is 27.0. The van der Waals surface area contributed by atoms with Crippen molar-refractivity contribution in [3.05, 3.63) is 259 Å². The highest BCUT2D eigenvalue weighted by molar-refractivity contribution is 7.00. The van der Waals surface area contributed by atoms with Crippen molar-refractivity contribution in [2.75, 3.05) is 9.80 Å². The zero-order valence-electron chi connectivity index (χ0n) is 60.3. The zero-order valence-corrected chi connectivity index (χ0v) is 50.3. The van der Waals surface area contributed by atoms with E-state index >= 15 is 0 Å². The molecule has 5 heteroatoms. The number of aromatic nitrogens is 2. The Morgan fingerprint density at radius 3 is 1.21 bits per heavy atom. The second-order valence-corrected chi connectivity index (χ2v) is 27.0. The molecule has 11 aromatic carbocycles. The lowest BCUT2D eigenvalue weighted by Crippen LogP contribution is -2.61. The Labute approximate surface area is 521 Å². The number of para-hydroxylation sites is 4. The van der Waals surface area contributed by atoms with Crippen LogP contribution in [0.3, 0.4) is 0 Å². The van der Waals surface area contributed by atoms with Gasteiger partial charge in [-0.15, -0.1) is 0 Å². The van der Waals surface area contributed by atoms with E-state index in [-0.39, 0.29) is 59.2 Å². The maximum Gasteiger partial charge on any atom is 0.252 e. The summed E-state index contributed by atoms with van der Waals surface area (Å²) in [5.74, 6) is 0. The highest BCUT2D eigenvalue weighted by Crippen LogP contribution is 2.50. The monoisotopic (exact) mass is 1120 g/mol. The standard InChI is InChI=1S/C81H73BN4/c1-79(2,3)50-53-36-42-72-64(44-53)62-30-18-22-34-70(62)83(72)58-38-40-66-74(48-58)85(68-32-20-16-28-60(68)56-24-12-10-13-25-56)76-46-55(52-81(7,8)9)47-77-78(76)82(66)67-41-39-59(49-75(67)86(77)69-33-21-17-29-61(69)57-26-14-11-15-27-57)84-71-35-23-19-31-63(71)65-45-54(37-43-73(65)84)51-80(4,5)6/h10-49H,50-52H2,1-9H3/i18D,19D,22D,23D,30D,31D,34D,35D,52D2. The van der Waals surface area contributed by atoms with Gasteiger partial charge in [-0.25, -0.2) is 0 Å². The number of hydrogen-bond donors (Lipinski definition) is 0. The van der Waals surface area contributed by atoms with Crippen LogP contribution >= 0.6 is 0 Å². The van der Waals surface area contributed by atoms with Gasteiger partial charge < -0.3 is 18.9 Å². The first-order chi connectivity index (χ1) is 45.6. The van der Waals surface area contributed by atoms with E-state index in [1.165, 1.54) is 0 Å². The van der Waals surface area contributed by atoms with E-state index in [1.54, 1.807) is 0 Å². The minimum atomic E-state index is -1.94. The van der Waals surface area contributed by atoms with E-state index in [9.17, 15) is 11.0 Å². The average Bonchev–Trinajstić information content (AvgIpc) is 0.758. The third-order valence-electron chi connectivity index (χ3n) is 16.9. The molecule has 15 rings (SSSR count). The van der Waals surface area contributed by atoms with Gasteiger partial charge in [0.05, 0.1) is 44.4 Å². The van der Waals surface area contributed by atoms with Crippen LogP contribution in [0.25, 0.3) is 77.2 Å². The smallest absolute Gasteiger partial charge is 0.252 e. The molecule has 0 saturated carbocycles. The number of benzene rings is 11. The van der Waals surface area contributed by atoms with Crippen molar-refractivity contribution in [3.8, 4) is 33.6 Å². The quantitative estimate of drug-likeness (QED) is 0.134. The lowest BCUT2D eigenvalue weighted by atomic mass is 9.33. The highest BCUT2D eigenvalue weighted by Gasteiger charge is 2.45. The molecule has 86 heavy (non-hydrogen) atoms. The van der Waals surface area contributed by atoms with Crippen molar-refractivity contribution < 1.29 is 13.7 Å². The summed E-state index contributed by atoms with van der Waals surface area (Å²) in [6, 6.07) is 64.9. The normalized spacial score (nSPS) is 15.1. The molecule has 4 nitrogen and oxygen atoms in total. The van der Waals surface area contributed by atoms with E-state index in [4.69, 9.17) is 2.74 Å². The van der Waals surface area contributed by atoms with Crippen molar-refractivity contribution in [3.63, 3.8) is 0 Å². The fourth-order valence-electron chi connectivity index (χ4n) is 13.8. The van der Waals surface area contributed by atoms with Crippen LogP contribution in [-0.2, 0) is 19.2 Å². The van der Waals surface area contributed by atoms with Gasteiger partial charge in [0, 0.05) is 69.5 Å². The molecule has 420 valence electrons. The van der Waals surface area contributed by atoms with Crippen LogP contribution in [0.15, 0.2) is 242 Å². The predicted molar refractivity (Wildman–Crippen MR) is 369 cm³/mol. The first-order valence-corrected chi connectivity index (χ1v) is 30.0. The van der Waals surface area contributed by atoms with Crippen LogP contribution in [0.4, 0.5) is 34.1 Å². The number of hydrogen-bond acceptors (Lipinski definition) is 2. The van der Waals surface area contributed by atoms with Crippen LogP contribution in [0.2, 0.25) is 0 Å². The first-order valence-electron chi connectivity index (χ1n) is 35.0. The third-order valence-corrected chi connectivity index (χ3v) is 16.9. The molecule has 0 amide bonds. The number of fused-ring (bicyclic) bond motifs is 10. The molecule has 0 N–H and O–H groups in total. The molecule has 4 heterocycles. The van der Waals surface area contributed by atoms with E-state index in [1.807, 2.05) is 90.6 Å². The Kier molecular flexibility index (Phi) is 10.2. The van der Waals surface area contributed by atoms with Crippen molar-refractivity contribution in [1.29, 1.82) is 0 Å². The summed E-state index contributed by atoms with van der Waals surface area (Å²) in [6.07, 6.45) is -0.443. The maximum atomic E-state index is 10.4. The lowest BCUT2D eigenvalue weighted by molar-refractivity contribution is 0.411. The Morgan fingerprint density at radius 1 is 0.360 bits per heavy atom. The number of rotatable bonds is 9. The molecule has 0 atom stereocenters. The van der Waals surface area contributed by atoms with Gasteiger partial charge in [0.15, 0.2) is 0 Å².